The van der Waals surface area contributed by atoms with Crippen molar-refractivity contribution < 1.29 is 13.2 Å². The van der Waals surface area contributed by atoms with Gasteiger partial charge in [0.1, 0.15) is 0 Å². The second kappa shape index (κ2) is 6.74. The summed E-state index contributed by atoms with van der Waals surface area (Å²) in [5, 5.41) is 0. The van der Waals surface area contributed by atoms with Crippen molar-refractivity contribution in [1.82, 2.24) is 4.72 Å². The molecule has 1 unspecified atom stereocenters. The SMILES string of the molecule is COCCNS(=O)(=O)CC(C)c1ccccc1. The minimum absolute atomic E-state index is 0.0174. The van der Waals surface area contributed by atoms with Crippen LogP contribution < -0.4 is 4.72 Å². The van der Waals surface area contributed by atoms with Gasteiger partial charge in [0.15, 0.2) is 0 Å². The number of ether oxygens (including phenoxy) is 1. The number of rotatable bonds is 7. The first-order chi connectivity index (χ1) is 8.05. The van der Waals surface area contributed by atoms with Crippen LogP contribution in [-0.4, -0.2) is 34.4 Å². The highest BCUT2D eigenvalue weighted by molar-refractivity contribution is 7.89. The molecule has 0 aromatic heterocycles. The molecule has 0 bridgehead atoms. The predicted molar refractivity (Wildman–Crippen MR) is 68.5 cm³/mol. The Morgan fingerprint density at radius 3 is 2.53 bits per heavy atom. The number of nitrogens with one attached hydrogen (secondary N) is 1. The van der Waals surface area contributed by atoms with E-state index in [4.69, 9.17) is 4.74 Å². The minimum atomic E-state index is -3.23. The van der Waals surface area contributed by atoms with Crippen LogP contribution in [0.3, 0.4) is 0 Å². The first-order valence-electron chi connectivity index (χ1n) is 5.56. The lowest BCUT2D eigenvalue weighted by Gasteiger charge is -2.12. The van der Waals surface area contributed by atoms with Crippen molar-refractivity contribution in [3.8, 4) is 0 Å². The molecular formula is C12H19NO3S. The van der Waals surface area contributed by atoms with E-state index in [1.807, 2.05) is 37.3 Å². The fourth-order valence-corrected chi connectivity index (χ4v) is 2.93. The molecule has 0 heterocycles. The smallest absolute Gasteiger partial charge is 0.212 e. The maximum absolute atomic E-state index is 11.7. The summed E-state index contributed by atoms with van der Waals surface area (Å²) in [6, 6.07) is 9.62. The van der Waals surface area contributed by atoms with Gasteiger partial charge in [-0.2, -0.15) is 0 Å². The summed E-state index contributed by atoms with van der Waals surface area (Å²) in [4.78, 5) is 0. The standard InChI is InChI=1S/C12H19NO3S/c1-11(12-6-4-3-5-7-12)10-17(14,15)13-8-9-16-2/h3-7,11,13H,8-10H2,1-2H3. The Hall–Kier alpha value is -0.910. The van der Waals surface area contributed by atoms with E-state index in [1.54, 1.807) is 7.11 Å². The summed E-state index contributed by atoms with van der Waals surface area (Å²) in [6.45, 7) is 2.62. The van der Waals surface area contributed by atoms with Gasteiger partial charge in [0, 0.05) is 13.7 Å². The second-order valence-corrected chi connectivity index (χ2v) is 5.83. The summed E-state index contributed by atoms with van der Waals surface area (Å²) in [7, 11) is -1.69. The maximum Gasteiger partial charge on any atom is 0.212 e. The van der Waals surface area contributed by atoms with Crippen LogP contribution in [-0.2, 0) is 14.8 Å². The zero-order valence-corrected chi connectivity index (χ0v) is 11.0. The molecule has 1 aromatic rings. The Morgan fingerprint density at radius 1 is 1.29 bits per heavy atom. The molecular weight excluding hydrogens is 238 g/mol. The normalized spacial score (nSPS) is 13.5. The fraction of sp³-hybridized carbons (Fsp3) is 0.500. The summed E-state index contributed by atoms with van der Waals surface area (Å²) in [5.41, 5.74) is 1.03. The van der Waals surface area contributed by atoms with Crippen molar-refractivity contribution in [2.24, 2.45) is 0 Å². The van der Waals surface area contributed by atoms with Gasteiger partial charge in [-0.25, -0.2) is 13.1 Å². The molecule has 5 heteroatoms. The highest BCUT2D eigenvalue weighted by atomic mass is 32.2. The Kier molecular flexibility index (Phi) is 5.61. The first-order valence-corrected chi connectivity index (χ1v) is 7.21. The highest BCUT2D eigenvalue weighted by Gasteiger charge is 2.16. The van der Waals surface area contributed by atoms with Crippen LogP contribution in [0, 0.1) is 0 Å². The van der Waals surface area contributed by atoms with Gasteiger partial charge in [-0.15, -0.1) is 0 Å². The van der Waals surface area contributed by atoms with Crippen molar-refractivity contribution in [1.29, 1.82) is 0 Å². The third kappa shape index (κ3) is 5.30. The van der Waals surface area contributed by atoms with Gasteiger partial charge in [-0.1, -0.05) is 37.3 Å². The average Bonchev–Trinajstić information content (AvgIpc) is 2.30. The fourth-order valence-electron chi connectivity index (χ4n) is 1.57. The second-order valence-electron chi connectivity index (χ2n) is 3.98. The van der Waals surface area contributed by atoms with Crippen LogP contribution in [0.5, 0.6) is 0 Å². The van der Waals surface area contributed by atoms with Crippen LogP contribution >= 0.6 is 0 Å². The minimum Gasteiger partial charge on any atom is -0.383 e. The Balaban J connectivity index is 2.53. The van der Waals surface area contributed by atoms with Gasteiger partial charge in [0.05, 0.1) is 12.4 Å². The molecule has 0 amide bonds. The summed E-state index contributed by atoms with van der Waals surface area (Å²) < 4.78 is 30.8. The van der Waals surface area contributed by atoms with Crippen molar-refractivity contribution in [3.63, 3.8) is 0 Å². The predicted octanol–water partition coefficient (Wildman–Crippen LogP) is 1.36. The molecule has 1 rings (SSSR count). The van der Waals surface area contributed by atoms with Gasteiger partial charge in [-0.05, 0) is 11.5 Å². The summed E-state index contributed by atoms with van der Waals surface area (Å²) in [6.07, 6.45) is 0. The Morgan fingerprint density at radius 2 is 1.94 bits per heavy atom. The molecule has 1 atom stereocenters. The number of sulfonamides is 1. The largest absolute Gasteiger partial charge is 0.383 e. The molecule has 0 saturated heterocycles. The summed E-state index contributed by atoms with van der Waals surface area (Å²) in [5.74, 6) is 0.0806. The topological polar surface area (TPSA) is 55.4 Å². The molecule has 0 saturated carbocycles. The van der Waals surface area contributed by atoms with Crippen LogP contribution in [0.25, 0.3) is 0 Å². The first kappa shape index (κ1) is 14.2. The molecule has 0 radical (unpaired) electrons. The van der Waals surface area contributed by atoms with Crippen LogP contribution in [0.1, 0.15) is 18.4 Å². The molecule has 1 aromatic carbocycles. The van der Waals surface area contributed by atoms with Gasteiger partial charge in [0.2, 0.25) is 10.0 Å². The summed E-state index contributed by atoms with van der Waals surface area (Å²) >= 11 is 0. The number of benzene rings is 1. The van der Waals surface area contributed by atoms with Crippen LogP contribution in [0.15, 0.2) is 30.3 Å². The lowest BCUT2D eigenvalue weighted by molar-refractivity contribution is 0.204. The molecule has 1 N–H and O–H groups in total. The molecule has 96 valence electrons. The molecule has 0 aliphatic rings. The van der Waals surface area contributed by atoms with Gasteiger partial charge in [-0.3, -0.25) is 0 Å². The number of hydrogen-bond donors (Lipinski definition) is 1. The van der Waals surface area contributed by atoms with E-state index >= 15 is 0 Å². The highest BCUT2D eigenvalue weighted by Crippen LogP contribution is 2.15. The number of methoxy groups -OCH3 is 1. The van der Waals surface area contributed by atoms with Crippen molar-refractivity contribution in [2.45, 2.75) is 12.8 Å². The van der Waals surface area contributed by atoms with Crippen LogP contribution in [0.4, 0.5) is 0 Å². The van der Waals surface area contributed by atoms with E-state index in [0.29, 0.717) is 13.2 Å². The maximum atomic E-state index is 11.7. The van der Waals surface area contributed by atoms with E-state index in [9.17, 15) is 8.42 Å². The van der Waals surface area contributed by atoms with Crippen molar-refractivity contribution >= 4 is 10.0 Å². The molecule has 0 aliphatic heterocycles. The molecule has 0 spiro atoms. The van der Waals surface area contributed by atoms with Gasteiger partial charge < -0.3 is 4.74 Å². The monoisotopic (exact) mass is 257 g/mol. The van der Waals surface area contributed by atoms with Crippen molar-refractivity contribution in [2.75, 3.05) is 26.0 Å². The van der Waals surface area contributed by atoms with E-state index in [2.05, 4.69) is 4.72 Å². The Bertz CT molecular complexity index is 417. The molecule has 4 nitrogen and oxygen atoms in total. The lowest BCUT2D eigenvalue weighted by Crippen LogP contribution is -2.31. The van der Waals surface area contributed by atoms with E-state index in [-0.39, 0.29) is 11.7 Å². The number of hydrogen-bond acceptors (Lipinski definition) is 3. The quantitative estimate of drug-likeness (QED) is 0.750. The third-order valence-electron chi connectivity index (χ3n) is 2.47. The van der Waals surface area contributed by atoms with E-state index in [1.165, 1.54) is 0 Å². The van der Waals surface area contributed by atoms with Crippen molar-refractivity contribution in [3.05, 3.63) is 35.9 Å². The molecule has 17 heavy (non-hydrogen) atoms. The van der Waals surface area contributed by atoms with E-state index in [0.717, 1.165) is 5.56 Å². The van der Waals surface area contributed by atoms with Crippen LogP contribution in [0.2, 0.25) is 0 Å². The zero-order valence-electron chi connectivity index (χ0n) is 10.2. The van der Waals surface area contributed by atoms with E-state index < -0.39 is 10.0 Å². The molecule has 0 aliphatic carbocycles. The average molecular weight is 257 g/mol. The lowest BCUT2D eigenvalue weighted by atomic mass is 10.0. The zero-order chi connectivity index (χ0) is 12.7. The van der Waals surface area contributed by atoms with Gasteiger partial charge >= 0.3 is 0 Å². The molecule has 0 fully saturated rings. The van der Waals surface area contributed by atoms with Gasteiger partial charge in [0.25, 0.3) is 0 Å². The third-order valence-corrected chi connectivity index (χ3v) is 4.05. The Labute approximate surface area is 103 Å².